The van der Waals surface area contributed by atoms with Gasteiger partial charge in [0.1, 0.15) is 5.52 Å². The second-order valence-electron chi connectivity index (χ2n) is 6.18. The minimum absolute atomic E-state index is 0.0421. The van der Waals surface area contributed by atoms with Crippen molar-refractivity contribution >= 4 is 40.2 Å². The van der Waals surface area contributed by atoms with Gasteiger partial charge in [-0.05, 0) is 18.1 Å². The zero-order valence-corrected chi connectivity index (χ0v) is 16.0. The fourth-order valence-electron chi connectivity index (χ4n) is 2.87. The molecule has 10 heteroatoms. The van der Waals surface area contributed by atoms with E-state index in [1.807, 2.05) is 25.1 Å². The summed E-state index contributed by atoms with van der Waals surface area (Å²) in [6, 6.07) is 5.50. The lowest BCUT2D eigenvalue weighted by Gasteiger charge is -2.11. The molecule has 4 N–H and O–H groups in total. The first-order chi connectivity index (χ1) is 13.6. The van der Waals surface area contributed by atoms with Crippen LogP contribution >= 0.6 is 11.6 Å². The highest BCUT2D eigenvalue weighted by Gasteiger charge is 2.18. The Morgan fingerprint density at radius 3 is 2.86 bits per heavy atom. The van der Waals surface area contributed by atoms with E-state index in [9.17, 15) is 0 Å². The van der Waals surface area contributed by atoms with E-state index in [4.69, 9.17) is 11.6 Å². The maximum atomic E-state index is 15.1. The Bertz CT molecular complexity index is 1140. The fourth-order valence-corrected chi connectivity index (χ4v) is 3.15. The number of nitrogens with zero attached hydrogens (tertiary/aromatic N) is 4. The molecule has 0 aliphatic rings. The van der Waals surface area contributed by atoms with Crippen LogP contribution in [0.2, 0.25) is 5.02 Å². The van der Waals surface area contributed by atoms with E-state index in [1.54, 1.807) is 13.4 Å². The molecule has 0 fully saturated rings. The number of hydrogen-bond acceptors (Lipinski definition) is 6. The molecule has 0 saturated carbocycles. The molecule has 0 atom stereocenters. The Kier molecular flexibility index (Phi) is 4.82. The number of benzene rings is 1. The van der Waals surface area contributed by atoms with Gasteiger partial charge >= 0.3 is 0 Å². The second kappa shape index (κ2) is 7.43. The molecule has 3 heterocycles. The summed E-state index contributed by atoms with van der Waals surface area (Å²) < 4.78 is 15.1. The topological polar surface area (TPSA) is 107 Å². The fraction of sp³-hybridized carbons (Fsp3) is 0.222. The van der Waals surface area contributed by atoms with E-state index in [-0.39, 0.29) is 17.9 Å². The van der Waals surface area contributed by atoms with Crippen LogP contribution in [0.5, 0.6) is 0 Å². The Labute approximate surface area is 165 Å². The lowest BCUT2D eigenvalue weighted by molar-refractivity contribution is 0.602. The van der Waals surface area contributed by atoms with Gasteiger partial charge in [-0.25, -0.2) is 14.4 Å². The van der Waals surface area contributed by atoms with Crippen LogP contribution in [0.3, 0.4) is 0 Å². The summed E-state index contributed by atoms with van der Waals surface area (Å²) in [5, 5.41) is 13.2. The molecule has 0 amide bonds. The summed E-state index contributed by atoms with van der Waals surface area (Å²) >= 11 is 6.45. The number of aromatic nitrogens is 6. The van der Waals surface area contributed by atoms with Crippen LogP contribution in [-0.2, 0) is 12.8 Å². The minimum atomic E-state index is -0.557. The first-order valence-electron chi connectivity index (χ1n) is 8.75. The van der Waals surface area contributed by atoms with Crippen LogP contribution in [-0.4, -0.2) is 37.2 Å². The number of hydrogen-bond donors (Lipinski definition) is 4. The number of nitrogens with one attached hydrogen (secondary N) is 4. The van der Waals surface area contributed by atoms with Crippen molar-refractivity contribution in [1.82, 2.24) is 30.1 Å². The largest absolute Gasteiger partial charge is 0.357 e. The average molecular weight is 401 g/mol. The van der Waals surface area contributed by atoms with E-state index in [1.165, 1.54) is 0 Å². The van der Waals surface area contributed by atoms with Gasteiger partial charge in [-0.3, -0.25) is 5.10 Å². The van der Waals surface area contributed by atoms with Gasteiger partial charge in [0.05, 0.1) is 22.6 Å². The van der Waals surface area contributed by atoms with Gasteiger partial charge in [0.25, 0.3) is 0 Å². The summed E-state index contributed by atoms with van der Waals surface area (Å²) in [5.74, 6) is 0.263. The Hall–Kier alpha value is -3.20. The van der Waals surface area contributed by atoms with Crippen molar-refractivity contribution in [3.63, 3.8) is 0 Å². The molecule has 0 unspecified atom stereocenters. The molecule has 0 bridgehead atoms. The number of H-pyrrole nitrogens is 2. The summed E-state index contributed by atoms with van der Waals surface area (Å²) in [6.07, 6.45) is 2.56. The molecule has 8 nitrogen and oxygen atoms in total. The third-order valence-electron chi connectivity index (χ3n) is 4.37. The van der Waals surface area contributed by atoms with E-state index in [0.29, 0.717) is 22.3 Å². The highest BCUT2D eigenvalue weighted by atomic mass is 35.5. The molecular formula is C18H18ClFN8. The number of rotatable bonds is 6. The number of aromatic amines is 2. The lowest BCUT2D eigenvalue weighted by atomic mass is 10.1. The standard InChI is InChI=1S/C18H18ClFN8/c1-3-10-7-13(28-27-10)25-17-15(20)12(24-18(21-2)26-17)6-9-4-5-11-16(14(9)19)23-8-22-11/h4-5,7-8H,3,6H2,1-2H3,(H,22,23)(H3,21,24,25,26,27,28). The number of halogens is 2. The monoisotopic (exact) mass is 400 g/mol. The molecule has 4 rings (SSSR count). The SMILES string of the molecule is CCc1cc(Nc2nc(NC)nc(Cc3ccc4[nH]cnc4c3Cl)c2F)n[nH]1. The van der Waals surface area contributed by atoms with Gasteiger partial charge in [0.2, 0.25) is 5.95 Å². The van der Waals surface area contributed by atoms with Crippen LogP contribution in [0, 0.1) is 5.82 Å². The van der Waals surface area contributed by atoms with Gasteiger partial charge in [-0.15, -0.1) is 0 Å². The molecule has 1 aromatic carbocycles. The Morgan fingerprint density at radius 2 is 2.11 bits per heavy atom. The van der Waals surface area contributed by atoms with E-state index < -0.39 is 5.82 Å². The molecule has 0 saturated heterocycles. The van der Waals surface area contributed by atoms with Crippen LogP contribution in [0.4, 0.5) is 22.0 Å². The molecule has 3 aromatic heterocycles. The number of fused-ring (bicyclic) bond motifs is 1. The normalized spacial score (nSPS) is 11.1. The van der Waals surface area contributed by atoms with Crippen molar-refractivity contribution in [1.29, 1.82) is 0 Å². The van der Waals surface area contributed by atoms with Crippen molar-refractivity contribution in [2.24, 2.45) is 0 Å². The summed E-state index contributed by atoms with van der Waals surface area (Å²) in [6.45, 7) is 2.00. The molecule has 28 heavy (non-hydrogen) atoms. The smallest absolute Gasteiger partial charge is 0.224 e. The van der Waals surface area contributed by atoms with Gasteiger partial charge in [0, 0.05) is 25.2 Å². The molecular weight excluding hydrogens is 383 g/mol. The van der Waals surface area contributed by atoms with Crippen molar-refractivity contribution < 1.29 is 4.39 Å². The van der Waals surface area contributed by atoms with E-state index in [2.05, 4.69) is 40.8 Å². The van der Waals surface area contributed by atoms with Crippen molar-refractivity contribution in [2.45, 2.75) is 19.8 Å². The third kappa shape index (κ3) is 3.36. The highest BCUT2D eigenvalue weighted by molar-refractivity contribution is 6.35. The lowest BCUT2D eigenvalue weighted by Crippen LogP contribution is -2.09. The maximum Gasteiger partial charge on any atom is 0.224 e. The first kappa shape index (κ1) is 18.2. The minimum Gasteiger partial charge on any atom is -0.357 e. The van der Waals surface area contributed by atoms with Crippen LogP contribution < -0.4 is 10.6 Å². The van der Waals surface area contributed by atoms with Crippen LogP contribution in [0.25, 0.3) is 11.0 Å². The van der Waals surface area contributed by atoms with Crippen LogP contribution in [0.15, 0.2) is 24.5 Å². The third-order valence-corrected chi connectivity index (χ3v) is 4.79. The van der Waals surface area contributed by atoms with Gasteiger partial charge in [0.15, 0.2) is 17.5 Å². The molecule has 4 aromatic rings. The summed E-state index contributed by atoms with van der Waals surface area (Å²) in [7, 11) is 1.67. The summed E-state index contributed by atoms with van der Waals surface area (Å²) in [5.41, 5.74) is 3.33. The zero-order chi connectivity index (χ0) is 19.7. The van der Waals surface area contributed by atoms with Gasteiger partial charge in [-0.2, -0.15) is 10.1 Å². The van der Waals surface area contributed by atoms with E-state index in [0.717, 1.165) is 23.2 Å². The number of imidazole rings is 1. The average Bonchev–Trinajstić information content (AvgIpc) is 3.36. The molecule has 0 spiro atoms. The molecule has 0 aliphatic heterocycles. The van der Waals surface area contributed by atoms with Crippen LogP contribution in [0.1, 0.15) is 23.9 Å². The highest BCUT2D eigenvalue weighted by Crippen LogP contribution is 2.29. The molecule has 144 valence electrons. The van der Waals surface area contributed by atoms with Crippen molar-refractivity contribution in [3.05, 3.63) is 52.3 Å². The van der Waals surface area contributed by atoms with E-state index >= 15 is 4.39 Å². The number of aryl methyl sites for hydroxylation is 1. The predicted octanol–water partition coefficient (Wildman–Crippen LogP) is 3.81. The maximum absolute atomic E-state index is 15.1. The predicted molar refractivity (Wildman–Crippen MR) is 107 cm³/mol. The summed E-state index contributed by atoms with van der Waals surface area (Å²) in [4.78, 5) is 15.7. The number of anilines is 3. The molecule has 0 radical (unpaired) electrons. The van der Waals surface area contributed by atoms with Gasteiger partial charge < -0.3 is 15.6 Å². The Balaban J connectivity index is 1.70. The first-order valence-corrected chi connectivity index (χ1v) is 9.12. The molecule has 0 aliphatic carbocycles. The van der Waals surface area contributed by atoms with Crippen molar-refractivity contribution in [3.8, 4) is 0 Å². The zero-order valence-electron chi connectivity index (χ0n) is 15.3. The van der Waals surface area contributed by atoms with Gasteiger partial charge in [-0.1, -0.05) is 24.6 Å². The van der Waals surface area contributed by atoms with Crippen molar-refractivity contribution in [2.75, 3.05) is 17.7 Å². The second-order valence-corrected chi connectivity index (χ2v) is 6.56. The Morgan fingerprint density at radius 1 is 1.25 bits per heavy atom. The quantitative estimate of drug-likeness (QED) is 0.392.